The second-order valence-corrected chi connectivity index (χ2v) is 6.32. The zero-order chi connectivity index (χ0) is 13.5. The van der Waals surface area contributed by atoms with Gasteiger partial charge in [0.25, 0.3) is 10.0 Å². The minimum absolute atomic E-state index is 0.00350. The predicted molar refractivity (Wildman–Crippen MR) is 60.1 cm³/mol. The van der Waals surface area contributed by atoms with Crippen molar-refractivity contribution in [1.82, 2.24) is 19.3 Å². The van der Waals surface area contributed by atoms with Gasteiger partial charge >= 0.3 is 5.97 Å². The number of sulfonamides is 1. The summed E-state index contributed by atoms with van der Waals surface area (Å²) in [4.78, 5) is 10.7. The molecule has 1 heterocycles. The highest BCUT2D eigenvalue weighted by molar-refractivity contribution is 7.89. The molecule has 100 valence electrons. The molecule has 9 heteroatoms. The smallest absolute Gasteiger partial charge is 0.306 e. The first-order chi connectivity index (χ1) is 8.34. The van der Waals surface area contributed by atoms with Crippen molar-refractivity contribution in [1.29, 1.82) is 0 Å². The highest BCUT2D eigenvalue weighted by Gasteiger charge is 2.41. The Labute approximate surface area is 104 Å². The molecule has 0 aliphatic heterocycles. The van der Waals surface area contributed by atoms with E-state index in [1.54, 1.807) is 0 Å². The molecule has 8 nitrogen and oxygen atoms in total. The summed E-state index contributed by atoms with van der Waals surface area (Å²) in [5.74, 6) is -1.32. The van der Waals surface area contributed by atoms with E-state index in [1.165, 1.54) is 29.3 Å². The van der Waals surface area contributed by atoms with Gasteiger partial charge in [0, 0.05) is 20.1 Å². The molecular weight excluding hydrogens is 260 g/mol. The number of carboxylic acid groups (broad SMARTS) is 1. The van der Waals surface area contributed by atoms with Crippen molar-refractivity contribution in [3.05, 3.63) is 6.20 Å². The molecule has 1 fully saturated rings. The van der Waals surface area contributed by atoms with Crippen LogP contribution in [0.1, 0.15) is 12.8 Å². The second kappa shape index (κ2) is 4.32. The van der Waals surface area contributed by atoms with Crippen molar-refractivity contribution in [3.8, 4) is 0 Å². The van der Waals surface area contributed by atoms with Gasteiger partial charge in [0.2, 0.25) is 0 Å². The van der Waals surface area contributed by atoms with E-state index in [9.17, 15) is 13.2 Å². The van der Waals surface area contributed by atoms with Gasteiger partial charge in [0.05, 0.1) is 12.1 Å². The lowest BCUT2D eigenvalue weighted by Crippen LogP contribution is -2.47. The molecule has 0 saturated heterocycles. The molecule has 1 aromatic rings. The number of hydrogen-bond donors (Lipinski definition) is 1. The lowest BCUT2D eigenvalue weighted by molar-refractivity contribution is -0.146. The van der Waals surface area contributed by atoms with Gasteiger partial charge in [-0.25, -0.2) is 13.1 Å². The molecule has 18 heavy (non-hydrogen) atoms. The number of carboxylic acids is 1. The van der Waals surface area contributed by atoms with E-state index in [0.717, 1.165) is 0 Å². The number of hydrogen-bond acceptors (Lipinski definition) is 5. The van der Waals surface area contributed by atoms with Crippen LogP contribution in [0.4, 0.5) is 0 Å². The topological polar surface area (TPSA) is 105 Å². The first kappa shape index (κ1) is 13.0. The zero-order valence-electron chi connectivity index (χ0n) is 10.0. The highest BCUT2D eigenvalue weighted by Crippen LogP contribution is 2.33. The van der Waals surface area contributed by atoms with Crippen molar-refractivity contribution in [2.45, 2.75) is 23.9 Å². The Morgan fingerprint density at radius 1 is 1.56 bits per heavy atom. The number of aryl methyl sites for hydroxylation is 1. The van der Waals surface area contributed by atoms with E-state index < -0.39 is 21.9 Å². The van der Waals surface area contributed by atoms with Gasteiger partial charge in [-0.05, 0) is 12.8 Å². The Hall–Kier alpha value is -1.48. The van der Waals surface area contributed by atoms with Crippen LogP contribution in [0.25, 0.3) is 0 Å². The molecule has 1 N–H and O–H groups in total. The molecule has 2 rings (SSSR count). The van der Waals surface area contributed by atoms with E-state index in [-0.39, 0.29) is 11.1 Å². The molecule has 1 aliphatic rings. The zero-order valence-corrected chi connectivity index (χ0v) is 10.8. The number of aromatic nitrogens is 3. The SMILES string of the molecule is CN(C1CC(C(=O)O)C1)S(=O)(=O)c1cnnn1C. The van der Waals surface area contributed by atoms with Crippen LogP contribution in [0.5, 0.6) is 0 Å². The van der Waals surface area contributed by atoms with Crippen LogP contribution in [0.3, 0.4) is 0 Å². The number of rotatable bonds is 4. The molecule has 1 aliphatic carbocycles. The summed E-state index contributed by atoms with van der Waals surface area (Å²) in [6, 6.07) is -0.272. The first-order valence-electron chi connectivity index (χ1n) is 5.39. The first-order valence-corrected chi connectivity index (χ1v) is 6.83. The summed E-state index contributed by atoms with van der Waals surface area (Å²) in [6.07, 6.45) is 1.87. The van der Waals surface area contributed by atoms with Gasteiger partial charge in [-0.1, -0.05) is 5.21 Å². The molecule has 0 atom stereocenters. The highest BCUT2D eigenvalue weighted by atomic mass is 32.2. The minimum atomic E-state index is -3.66. The van der Waals surface area contributed by atoms with Crippen LogP contribution >= 0.6 is 0 Å². The molecule has 0 unspecified atom stereocenters. The van der Waals surface area contributed by atoms with Gasteiger partial charge < -0.3 is 5.11 Å². The largest absolute Gasteiger partial charge is 0.481 e. The molecule has 0 spiro atoms. The van der Waals surface area contributed by atoms with E-state index in [1.807, 2.05) is 0 Å². The fraction of sp³-hybridized carbons (Fsp3) is 0.667. The second-order valence-electron chi connectivity index (χ2n) is 4.38. The Bertz CT molecular complexity index is 561. The monoisotopic (exact) mass is 274 g/mol. The fourth-order valence-electron chi connectivity index (χ4n) is 1.94. The molecular formula is C9H14N4O4S. The third-order valence-electron chi connectivity index (χ3n) is 3.29. The lowest BCUT2D eigenvalue weighted by Gasteiger charge is -2.37. The third kappa shape index (κ3) is 1.99. The van der Waals surface area contributed by atoms with Crippen molar-refractivity contribution < 1.29 is 18.3 Å². The van der Waals surface area contributed by atoms with Gasteiger partial charge in [-0.15, -0.1) is 5.10 Å². The summed E-state index contributed by atoms with van der Waals surface area (Å²) in [5, 5.41) is 15.9. The Kier molecular flexibility index (Phi) is 3.11. The van der Waals surface area contributed by atoms with Crippen molar-refractivity contribution in [3.63, 3.8) is 0 Å². The van der Waals surface area contributed by atoms with Crippen LogP contribution in [-0.2, 0) is 21.9 Å². The van der Waals surface area contributed by atoms with E-state index >= 15 is 0 Å². The van der Waals surface area contributed by atoms with Crippen molar-refractivity contribution in [2.24, 2.45) is 13.0 Å². The normalized spacial score (nSPS) is 23.9. The average Bonchev–Trinajstić information content (AvgIpc) is 2.61. The summed E-state index contributed by atoms with van der Waals surface area (Å²) in [6.45, 7) is 0. The van der Waals surface area contributed by atoms with Crippen LogP contribution < -0.4 is 0 Å². The quantitative estimate of drug-likeness (QED) is 0.778. The van der Waals surface area contributed by atoms with Crippen LogP contribution in [0, 0.1) is 5.92 Å². The van der Waals surface area contributed by atoms with E-state index in [2.05, 4.69) is 10.3 Å². The van der Waals surface area contributed by atoms with Crippen LogP contribution in [0.2, 0.25) is 0 Å². The van der Waals surface area contributed by atoms with Gasteiger partial charge in [0.15, 0.2) is 5.03 Å². The molecule has 1 aromatic heterocycles. The fourth-order valence-corrected chi connectivity index (χ4v) is 3.35. The number of aliphatic carboxylic acids is 1. The van der Waals surface area contributed by atoms with Crippen molar-refractivity contribution >= 4 is 16.0 Å². The molecule has 0 amide bonds. The summed E-state index contributed by atoms with van der Waals surface area (Å²) in [7, 11) is -0.713. The van der Waals surface area contributed by atoms with Gasteiger partial charge in [0.1, 0.15) is 0 Å². The number of nitrogens with zero attached hydrogens (tertiary/aromatic N) is 4. The lowest BCUT2D eigenvalue weighted by atomic mass is 9.80. The summed E-state index contributed by atoms with van der Waals surface area (Å²) < 4.78 is 26.8. The molecule has 0 radical (unpaired) electrons. The molecule has 0 aromatic carbocycles. The van der Waals surface area contributed by atoms with Crippen LogP contribution in [-0.4, -0.2) is 51.9 Å². The Morgan fingerprint density at radius 3 is 2.61 bits per heavy atom. The predicted octanol–water partition coefficient (Wildman–Crippen LogP) is -0.701. The maximum atomic E-state index is 12.2. The van der Waals surface area contributed by atoms with Gasteiger partial charge in [-0.2, -0.15) is 4.31 Å². The summed E-state index contributed by atoms with van der Waals surface area (Å²) in [5.41, 5.74) is 0. The third-order valence-corrected chi connectivity index (χ3v) is 5.25. The van der Waals surface area contributed by atoms with Gasteiger partial charge in [-0.3, -0.25) is 4.79 Å². The summed E-state index contributed by atoms with van der Waals surface area (Å²) >= 11 is 0. The number of carbonyl (C=O) groups is 1. The maximum absolute atomic E-state index is 12.2. The Morgan fingerprint density at radius 2 is 2.17 bits per heavy atom. The standard InChI is InChI=1S/C9H14N4O4S/c1-12-8(5-10-11-12)18(16,17)13(2)7-3-6(4-7)9(14)15/h5-7H,3-4H2,1-2H3,(H,14,15). The average molecular weight is 274 g/mol. The van der Waals surface area contributed by atoms with Crippen molar-refractivity contribution in [2.75, 3.05) is 7.05 Å². The maximum Gasteiger partial charge on any atom is 0.306 e. The Balaban J connectivity index is 2.13. The van der Waals surface area contributed by atoms with E-state index in [4.69, 9.17) is 5.11 Å². The molecule has 0 bridgehead atoms. The minimum Gasteiger partial charge on any atom is -0.481 e. The molecule has 1 saturated carbocycles. The van der Waals surface area contributed by atoms with Crippen LogP contribution in [0.15, 0.2) is 11.2 Å². The van der Waals surface area contributed by atoms with E-state index in [0.29, 0.717) is 12.8 Å².